The minimum atomic E-state index is -4.82. The van der Waals surface area contributed by atoms with Gasteiger partial charge in [0.2, 0.25) is 15.0 Å². The van der Waals surface area contributed by atoms with Gasteiger partial charge in [-0.1, -0.05) is 6.07 Å². The van der Waals surface area contributed by atoms with E-state index in [0.29, 0.717) is 27.8 Å². The molecule has 2 heterocycles. The molecule has 1 unspecified atom stereocenters. The third-order valence-corrected chi connectivity index (χ3v) is 9.07. The maximum atomic E-state index is 13.6. The van der Waals surface area contributed by atoms with Crippen molar-refractivity contribution >= 4 is 37.3 Å². The number of aryl methyl sites for hydroxylation is 2. The van der Waals surface area contributed by atoms with Crippen molar-refractivity contribution in [2.75, 3.05) is 21.9 Å². The van der Waals surface area contributed by atoms with Crippen molar-refractivity contribution < 1.29 is 44.6 Å². The maximum Gasteiger partial charge on any atom is 0.416 e. The largest absolute Gasteiger partial charge is 0.485 e. The third-order valence-electron chi connectivity index (χ3n) is 5.70. The average Bonchev–Trinajstić information content (AvgIpc) is 3.17. The van der Waals surface area contributed by atoms with Crippen LogP contribution in [0.3, 0.4) is 0 Å². The molecule has 3 aromatic rings. The first-order valence-electron chi connectivity index (χ1n) is 10.8. The number of ether oxygens (including phenoxy) is 1. The summed E-state index contributed by atoms with van der Waals surface area (Å²) in [7, 11) is -8.80. The van der Waals surface area contributed by atoms with Crippen LogP contribution in [0, 0.1) is 13.8 Å². The standard InChI is InChI=1S/C22H21F3N4O7S2/c1-12-13(2)27-20(26-12)37(32,33)11-16-10-29(18-9-15(28-21(30)31)6-7-19(18)36-16)38(34,35)17-5-3-4-14(8-17)22(23,24)25/h3-9,16,28H,10-11H2,1-2H3,(H,26,27)(H,30,31). The molecule has 11 nitrogen and oxygen atoms in total. The zero-order valence-electron chi connectivity index (χ0n) is 19.8. The number of imidazole rings is 1. The van der Waals surface area contributed by atoms with Gasteiger partial charge in [0.05, 0.1) is 34.1 Å². The Morgan fingerprint density at radius 1 is 1.18 bits per heavy atom. The number of nitrogens with one attached hydrogen (secondary N) is 2. The van der Waals surface area contributed by atoms with Crippen LogP contribution in [0.1, 0.15) is 17.0 Å². The maximum absolute atomic E-state index is 13.6. The number of alkyl halides is 3. The van der Waals surface area contributed by atoms with Gasteiger partial charge in [-0.15, -0.1) is 0 Å². The normalized spacial score (nSPS) is 16.0. The summed E-state index contributed by atoms with van der Waals surface area (Å²) < 4.78 is 99.5. The summed E-state index contributed by atoms with van der Waals surface area (Å²) in [6.07, 6.45) is -7.54. The Labute approximate surface area is 215 Å². The van der Waals surface area contributed by atoms with E-state index in [1.165, 1.54) is 12.1 Å². The van der Waals surface area contributed by atoms with Crippen molar-refractivity contribution in [1.29, 1.82) is 0 Å². The molecule has 0 radical (unpaired) electrons. The Balaban J connectivity index is 1.78. The fourth-order valence-electron chi connectivity index (χ4n) is 3.77. The number of nitrogens with zero attached hydrogens (tertiary/aromatic N) is 2. The first-order chi connectivity index (χ1) is 17.6. The lowest BCUT2D eigenvalue weighted by Gasteiger charge is -2.35. The van der Waals surface area contributed by atoms with Gasteiger partial charge in [-0.2, -0.15) is 13.2 Å². The molecule has 0 bridgehead atoms. The summed E-state index contributed by atoms with van der Waals surface area (Å²) in [4.78, 5) is 17.0. The predicted octanol–water partition coefficient (Wildman–Crippen LogP) is 3.57. The van der Waals surface area contributed by atoms with E-state index < -0.39 is 61.0 Å². The highest BCUT2D eigenvalue weighted by Crippen LogP contribution is 2.40. The Hall–Kier alpha value is -3.79. The summed E-state index contributed by atoms with van der Waals surface area (Å²) in [5, 5.41) is 10.7. The van der Waals surface area contributed by atoms with Crippen LogP contribution in [-0.4, -0.2) is 56.4 Å². The predicted molar refractivity (Wildman–Crippen MR) is 129 cm³/mol. The second kappa shape index (κ2) is 9.50. The number of hydrogen-bond acceptors (Lipinski definition) is 7. The Morgan fingerprint density at radius 3 is 2.50 bits per heavy atom. The molecule has 38 heavy (non-hydrogen) atoms. The number of aromatic nitrogens is 2. The number of rotatable bonds is 6. The second-order valence-corrected chi connectivity index (χ2v) is 12.3. The van der Waals surface area contributed by atoms with E-state index in [1.807, 2.05) is 0 Å². The molecule has 16 heteroatoms. The van der Waals surface area contributed by atoms with Gasteiger partial charge in [-0.25, -0.2) is 26.6 Å². The second-order valence-electron chi connectivity index (χ2n) is 8.45. The molecule has 0 fully saturated rings. The SMILES string of the molecule is Cc1nc(S(=O)(=O)CC2CN(S(=O)(=O)c3cccc(C(F)(F)F)c3)c3cc(NC(=O)O)ccc3O2)[nH]c1C. The molecule has 1 aliphatic heterocycles. The molecule has 0 saturated heterocycles. The number of fused-ring (bicyclic) bond motifs is 1. The quantitative estimate of drug-likeness (QED) is 0.403. The number of carbonyl (C=O) groups is 1. The van der Waals surface area contributed by atoms with Crippen molar-refractivity contribution in [3.63, 3.8) is 0 Å². The first-order valence-corrected chi connectivity index (χ1v) is 13.9. The summed E-state index contributed by atoms with van der Waals surface area (Å²) in [6, 6.07) is 6.70. The number of sulfonamides is 1. The minimum Gasteiger partial charge on any atom is -0.485 e. The van der Waals surface area contributed by atoms with Crippen molar-refractivity contribution in [1.82, 2.24) is 9.97 Å². The number of H-pyrrole nitrogens is 1. The number of aromatic amines is 1. The van der Waals surface area contributed by atoms with Gasteiger partial charge < -0.3 is 14.8 Å². The fraction of sp³-hybridized carbons (Fsp3) is 0.273. The highest BCUT2D eigenvalue weighted by Gasteiger charge is 2.39. The van der Waals surface area contributed by atoms with Crippen LogP contribution in [-0.2, 0) is 26.0 Å². The van der Waals surface area contributed by atoms with Gasteiger partial charge in [-0.05, 0) is 50.2 Å². The van der Waals surface area contributed by atoms with E-state index in [-0.39, 0.29) is 22.3 Å². The van der Waals surface area contributed by atoms with E-state index >= 15 is 0 Å². The summed E-state index contributed by atoms with van der Waals surface area (Å²) >= 11 is 0. The molecule has 3 N–H and O–H groups in total. The number of carboxylic acid groups (broad SMARTS) is 1. The smallest absolute Gasteiger partial charge is 0.416 e. The van der Waals surface area contributed by atoms with Gasteiger partial charge in [0.25, 0.3) is 10.0 Å². The highest BCUT2D eigenvalue weighted by atomic mass is 32.2. The van der Waals surface area contributed by atoms with Crippen LogP contribution in [0.2, 0.25) is 0 Å². The van der Waals surface area contributed by atoms with Gasteiger partial charge in [0.1, 0.15) is 11.9 Å². The number of halogens is 3. The number of amides is 1. The van der Waals surface area contributed by atoms with Crippen molar-refractivity contribution in [3.8, 4) is 5.75 Å². The molecule has 1 aromatic heterocycles. The van der Waals surface area contributed by atoms with Gasteiger partial charge >= 0.3 is 12.3 Å². The first kappa shape index (κ1) is 27.3. The van der Waals surface area contributed by atoms with Crippen LogP contribution in [0.4, 0.5) is 29.3 Å². The lowest BCUT2D eigenvalue weighted by Crippen LogP contribution is -2.46. The van der Waals surface area contributed by atoms with Gasteiger partial charge in [-0.3, -0.25) is 9.62 Å². The molecule has 1 atom stereocenters. The topological polar surface area (TPSA) is 159 Å². The zero-order valence-corrected chi connectivity index (χ0v) is 21.4. The van der Waals surface area contributed by atoms with E-state index in [1.54, 1.807) is 13.8 Å². The van der Waals surface area contributed by atoms with Crippen LogP contribution in [0.15, 0.2) is 52.5 Å². The molecule has 2 aromatic carbocycles. The van der Waals surface area contributed by atoms with Crippen LogP contribution < -0.4 is 14.4 Å². The average molecular weight is 575 g/mol. The Morgan fingerprint density at radius 2 is 1.89 bits per heavy atom. The van der Waals surface area contributed by atoms with E-state index in [2.05, 4.69) is 15.3 Å². The van der Waals surface area contributed by atoms with Gasteiger partial charge in [0.15, 0.2) is 0 Å². The van der Waals surface area contributed by atoms with Crippen LogP contribution in [0.5, 0.6) is 5.75 Å². The van der Waals surface area contributed by atoms with Crippen molar-refractivity contribution in [2.45, 2.75) is 36.2 Å². The summed E-state index contributed by atoms with van der Waals surface area (Å²) in [6.45, 7) is 2.63. The van der Waals surface area contributed by atoms with E-state index in [9.17, 15) is 34.8 Å². The van der Waals surface area contributed by atoms with E-state index in [0.717, 1.165) is 18.2 Å². The molecule has 0 saturated carbocycles. The third kappa shape index (κ3) is 5.40. The Bertz CT molecular complexity index is 1600. The lowest BCUT2D eigenvalue weighted by molar-refractivity contribution is -0.137. The van der Waals surface area contributed by atoms with E-state index in [4.69, 9.17) is 9.84 Å². The zero-order chi connectivity index (χ0) is 28.0. The minimum absolute atomic E-state index is 0.0447. The number of anilines is 2. The Kier molecular flexibility index (Phi) is 6.82. The molecule has 1 amide bonds. The van der Waals surface area contributed by atoms with Crippen molar-refractivity contribution in [3.05, 3.63) is 59.4 Å². The molecular weight excluding hydrogens is 553 g/mol. The van der Waals surface area contributed by atoms with Crippen LogP contribution in [0.25, 0.3) is 0 Å². The highest BCUT2D eigenvalue weighted by molar-refractivity contribution is 7.93. The fourth-order valence-corrected chi connectivity index (χ4v) is 6.72. The lowest BCUT2D eigenvalue weighted by atomic mass is 10.2. The molecular formula is C22H21F3N4O7S2. The molecule has 0 aliphatic carbocycles. The summed E-state index contributed by atoms with van der Waals surface area (Å²) in [5.41, 5.74) is -0.462. The molecule has 204 valence electrons. The van der Waals surface area contributed by atoms with Crippen LogP contribution >= 0.6 is 0 Å². The van der Waals surface area contributed by atoms with Gasteiger partial charge in [0, 0.05) is 11.4 Å². The summed E-state index contributed by atoms with van der Waals surface area (Å²) in [5.74, 6) is -0.822. The molecule has 1 aliphatic rings. The monoisotopic (exact) mass is 574 g/mol. The molecule has 4 rings (SSSR count). The molecule has 0 spiro atoms. The van der Waals surface area contributed by atoms with Crippen molar-refractivity contribution in [2.24, 2.45) is 0 Å². The number of benzene rings is 2. The number of hydrogen-bond donors (Lipinski definition) is 3. The number of sulfone groups is 1.